The zero-order chi connectivity index (χ0) is 15.6. The van der Waals surface area contributed by atoms with E-state index >= 15 is 0 Å². The van der Waals surface area contributed by atoms with Crippen LogP contribution in [0, 0.1) is 6.92 Å². The summed E-state index contributed by atoms with van der Waals surface area (Å²) in [5, 5.41) is 8.14. The number of nitrogens with one attached hydrogen (secondary N) is 1. The maximum Gasteiger partial charge on any atom is 0.255 e. The van der Waals surface area contributed by atoms with Crippen molar-refractivity contribution in [2.24, 2.45) is 5.14 Å². The molecular weight excluding hydrogens is 312 g/mol. The molecule has 3 N–H and O–H groups in total. The van der Waals surface area contributed by atoms with E-state index in [1.807, 2.05) is 6.92 Å². The van der Waals surface area contributed by atoms with Crippen molar-refractivity contribution >= 4 is 33.2 Å². The molecule has 0 aliphatic rings. The lowest BCUT2D eigenvalue weighted by molar-refractivity contribution is 0.102. The second-order valence-electron chi connectivity index (χ2n) is 4.54. The highest BCUT2D eigenvalue weighted by molar-refractivity contribution is 7.89. The number of anilines is 1. The molecule has 2 rings (SSSR count). The number of aryl methyl sites for hydroxylation is 1. The summed E-state index contributed by atoms with van der Waals surface area (Å²) < 4.78 is 22.3. The van der Waals surface area contributed by atoms with E-state index < -0.39 is 10.0 Å². The summed E-state index contributed by atoms with van der Waals surface area (Å²) in [6.45, 7) is 1.84. The Morgan fingerprint density at radius 2 is 1.76 bits per heavy atom. The van der Waals surface area contributed by atoms with Crippen molar-refractivity contribution in [3.8, 4) is 0 Å². The fraction of sp³-hybridized carbons (Fsp3) is 0.0714. The number of hydrogen-bond donors (Lipinski definition) is 2. The van der Waals surface area contributed by atoms with Crippen molar-refractivity contribution in [1.29, 1.82) is 0 Å². The predicted octanol–water partition coefficient (Wildman–Crippen LogP) is 2.55. The molecule has 2 aromatic carbocycles. The number of carbonyl (C=O) groups is 1. The fourth-order valence-corrected chi connectivity index (χ4v) is 2.60. The van der Waals surface area contributed by atoms with Crippen molar-refractivity contribution in [2.75, 3.05) is 5.32 Å². The minimum Gasteiger partial charge on any atom is -0.322 e. The van der Waals surface area contributed by atoms with Gasteiger partial charge in [-0.05, 0) is 55.0 Å². The van der Waals surface area contributed by atoms with Crippen molar-refractivity contribution < 1.29 is 13.2 Å². The molecule has 2 aromatic rings. The highest BCUT2D eigenvalue weighted by Crippen LogP contribution is 2.17. The van der Waals surface area contributed by atoms with Crippen molar-refractivity contribution in [3.63, 3.8) is 0 Å². The summed E-state index contributed by atoms with van der Waals surface area (Å²) in [6, 6.07) is 10.6. The maximum absolute atomic E-state index is 12.1. The molecule has 0 unspecified atom stereocenters. The molecule has 0 aliphatic heterocycles. The molecule has 0 heterocycles. The Hall–Kier alpha value is -1.89. The lowest BCUT2D eigenvalue weighted by Gasteiger charge is -2.07. The molecule has 7 heteroatoms. The Morgan fingerprint density at radius 3 is 2.29 bits per heavy atom. The van der Waals surface area contributed by atoms with E-state index in [9.17, 15) is 13.2 Å². The van der Waals surface area contributed by atoms with Gasteiger partial charge in [-0.1, -0.05) is 11.6 Å². The van der Waals surface area contributed by atoms with Crippen LogP contribution in [-0.2, 0) is 10.0 Å². The average Bonchev–Trinajstić information content (AvgIpc) is 2.37. The monoisotopic (exact) mass is 324 g/mol. The number of primary sulfonamides is 1. The number of hydrogen-bond acceptors (Lipinski definition) is 3. The Labute approximate surface area is 127 Å². The van der Waals surface area contributed by atoms with Gasteiger partial charge in [0.1, 0.15) is 0 Å². The van der Waals surface area contributed by atoms with Crippen molar-refractivity contribution in [3.05, 3.63) is 58.6 Å². The van der Waals surface area contributed by atoms with Crippen LogP contribution in [0.25, 0.3) is 0 Å². The van der Waals surface area contributed by atoms with E-state index in [0.717, 1.165) is 5.56 Å². The lowest BCUT2D eigenvalue weighted by atomic mass is 10.1. The second-order valence-corrected chi connectivity index (χ2v) is 6.54. The summed E-state index contributed by atoms with van der Waals surface area (Å²) in [5.74, 6) is -0.330. The molecule has 0 atom stereocenters. The van der Waals surface area contributed by atoms with Crippen LogP contribution in [0.3, 0.4) is 0 Å². The van der Waals surface area contributed by atoms with Crippen molar-refractivity contribution in [2.45, 2.75) is 11.8 Å². The number of amides is 1. The van der Waals surface area contributed by atoms with Gasteiger partial charge >= 0.3 is 0 Å². The normalized spacial score (nSPS) is 11.2. The van der Waals surface area contributed by atoms with E-state index in [-0.39, 0.29) is 10.8 Å². The molecule has 1 amide bonds. The lowest BCUT2D eigenvalue weighted by Crippen LogP contribution is -2.14. The second kappa shape index (κ2) is 5.85. The first-order valence-corrected chi connectivity index (χ1v) is 7.89. The summed E-state index contributed by atoms with van der Waals surface area (Å²) in [4.78, 5) is 12.1. The zero-order valence-corrected chi connectivity index (χ0v) is 12.7. The third kappa shape index (κ3) is 4.04. The number of halogens is 1. The van der Waals surface area contributed by atoms with E-state index in [0.29, 0.717) is 16.3 Å². The number of carbonyl (C=O) groups excluding carboxylic acids is 1. The minimum absolute atomic E-state index is 0.0147. The summed E-state index contributed by atoms with van der Waals surface area (Å²) in [5.41, 5.74) is 1.76. The first-order valence-electron chi connectivity index (χ1n) is 5.97. The van der Waals surface area contributed by atoms with Gasteiger partial charge in [-0.15, -0.1) is 0 Å². The molecule has 0 radical (unpaired) electrons. The fourth-order valence-electron chi connectivity index (χ4n) is 1.80. The van der Waals surface area contributed by atoms with Crippen LogP contribution in [0.2, 0.25) is 5.02 Å². The van der Waals surface area contributed by atoms with Crippen LogP contribution in [0.15, 0.2) is 47.4 Å². The summed E-state index contributed by atoms with van der Waals surface area (Å²) >= 11 is 5.91. The van der Waals surface area contributed by atoms with E-state index in [2.05, 4.69) is 5.32 Å². The van der Waals surface area contributed by atoms with E-state index in [1.54, 1.807) is 18.2 Å². The van der Waals surface area contributed by atoms with Crippen LogP contribution in [-0.4, -0.2) is 14.3 Å². The molecule has 21 heavy (non-hydrogen) atoms. The summed E-state index contributed by atoms with van der Waals surface area (Å²) in [6.07, 6.45) is 0. The van der Waals surface area contributed by atoms with Gasteiger partial charge in [-0.2, -0.15) is 0 Å². The minimum atomic E-state index is -3.74. The highest BCUT2D eigenvalue weighted by Gasteiger charge is 2.10. The smallest absolute Gasteiger partial charge is 0.255 e. The standard InChI is InChI=1S/C14H13ClN2O3S/c1-9-6-10(8-11(15)7-9)14(18)17-12-2-4-13(5-3-12)21(16,19)20/h2-8H,1H3,(H,17,18)(H2,16,19,20). The molecular formula is C14H13ClN2O3S. The number of sulfonamides is 1. The zero-order valence-electron chi connectivity index (χ0n) is 11.1. The molecule has 0 saturated heterocycles. The molecule has 0 saturated carbocycles. The molecule has 0 spiro atoms. The Balaban J connectivity index is 2.20. The third-order valence-corrected chi connectivity index (χ3v) is 3.89. The van der Waals surface area contributed by atoms with Crippen LogP contribution in [0.4, 0.5) is 5.69 Å². The first kappa shape index (κ1) is 15.5. The highest BCUT2D eigenvalue weighted by atomic mass is 35.5. The largest absolute Gasteiger partial charge is 0.322 e. The van der Waals surface area contributed by atoms with Gasteiger partial charge in [-0.3, -0.25) is 4.79 Å². The van der Waals surface area contributed by atoms with E-state index in [1.165, 1.54) is 24.3 Å². The average molecular weight is 325 g/mol. The molecule has 0 aliphatic carbocycles. The number of nitrogens with two attached hydrogens (primary N) is 1. The van der Waals surface area contributed by atoms with E-state index in [4.69, 9.17) is 16.7 Å². The van der Waals surface area contributed by atoms with Crippen LogP contribution in [0.5, 0.6) is 0 Å². The van der Waals surface area contributed by atoms with Gasteiger partial charge in [-0.25, -0.2) is 13.6 Å². The first-order chi connectivity index (χ1) is 9.75. The third-order valence-electron chi connectivity index (χ3n) is 2.75. The Kier molecular flexibility index (Phi) is 4.32. The van der Waals surface area contributed by atoms with Gasteiger partial charge in [0.05, 0.1) is 4.90 Å². The molecule has 110 valence electrons. The molecule has 0 fully saturated rings. The topological polar surface area (TPSA) is 89.3 Å². The van der Waals surface area contributed by atoms with Gasteiger partial charge in [0.25, 0.3) is 5.91 Å². The van der Waals surface area contributed by atoms with Crippen molar-refractivity contribution in [1.82, 2.24) is 0 Å². The van der Waals surface area contributed by atoms with Gasteiger partial charge in [0, 0.05) is 16.3 Å². The number of rotatable bonds is 3. The predicted molar refractivity (Wildman–Crippen MR) is 82.0 cm³/mol. The van der Waals surface area contributed by atoms with Gasteiger partial charge in [0.15, 0.2) is 0 Å². The summed E-state index contributed by atoms with van der Waals surface area (Å²) in [7, 11) is -3.74. The SMILES string of the molecule is Cc1cc(Cl)cc(C(=O)Nc2ccc(S(N)(=O)=O)cc2)c1. The Bertz CT molecular complexity index is 766. The quantitative estimate of drug-likeness (QED) is 0.909. The van der Waals surface area contributed by atoms with Crippen LogP contribution in [0.1, 0.15) is 15.9 Å². The number of benzene rings is 2. The van der Waals surface area contributed by atoms with Gasteiger partial charge < -0.3 is 5.32 Å². The molecule has 5 nitrogen and oxygen atoms in total. The van der Waals surface area contributed by atoms with Crippen LogP contribution >= 0.6 is 11.6 Å². The van der Waals surface area contributed by atoms with Gasteiger partial charge in [0.2, 0.25) is 10.0 Å². The molecule has 0 aromatic heterocycles. The van der Waals surface area contributed by atoms with Crippen LogP contribution < -0.4 is 10.5 Å². The maximum atomic E-state index is 12.1. The molecule has 0 bridgehead atoms. The Morgan fingerprint density at radius 1 is 1.14 bits per heavy atom.